The molecule has 0 aromatic rings. The molecule has 0 aliphatic heterocycles. The van der Waals surface area contributed by atoms with Gasteiger partial charge in [0.2, 0.25) is 0 Å². The summed E-state index contributed by atoms with van der Waals surface area (Å²) < 4.78 is 2.86. The maximum atomic E-state index is 3.84. The SMILES string of the molecule is CC[CH2][Hf]([Br])([Br])[CH2]CC. The zero-order valence-corrected chi connectivity index (χ0v) is 12.8. The van der Waals surface area contributed by atoms with Crippen LogP contribution in [0.3, 0.4) is 0 Å². The van der Waals surface area contributed by atoms with Crippen molar-refractivity contribution in [3.8, 4) is 0 Å². The Morgan fingerprint density at radius 1 is 1.00 bits per heavy atom. The van der Waals surface area contributed by atoms with Gasteiger partial charge >= 0.3 is 74.9 Å². The van der Waals surface area contributed by atoms with Crippen LogP contribution in [0.5, 0.6) is 0 Å². The van der Waals surface area contributed by atoms with Crippen molar-refractivity contribution in [1.29, 1.82) is 0 Å². The number of hydrogen-bond donors (Lipinski definition) is 0. The van der Waals surface area contributed by atoms with Crippen molar-refractivity contribution in [2.45, 2.75) is 35.0 Å². The first-order chi connectivity index (χ1) is 4.12. The van der Waals surface area contributed by atoms with Crippen LogP contribution in [0.1, 0.15) is 26.7 Å². The Kier molecular flexibility index (Phi) is 6.59. The van der Waals surface area contributed by atoms with E-state index >= 15 is 0 Å². The van der Waals surface area contributed by atoms with Crippen LogP contribution in [0, 0.1) is 0 Å². The Morgan fingerprint density at radius 3 is 1.56 bits per heavy atom. The topological polar surface area (TPSA) is 0 Å². The summed E-state index contributed by atoms with van der Waals surface area (Å²) in [6.45, 7) is 4.51. The minimum absolute atomic E-state index is 1.33. The Labute approximate surface area is 74.1 Å². The molecule has 9 heavy (non-hydrogen) atoms. The summed E-state index contributed by atoms with van der Waals surface area (Å²) in [6.07, 6.45) is 2.66. The molecule has 0 aromatic heterocycles. The number of halogens is 2. The zero-order chi connectivity index (χ0) is 7.33. The van der Waals surface area contributed by atoms with Crippen LogP contribution in [0.25, 0.3) is 0 Å². The first-order valence-electron chi connectivity index (χ1n) is 3.50. The van der Waals surface area contributed by atoms with Gasteiger partial charge in [0.25, 0.3) is 0 Å². The van der Waals surface area contributed by atoms with E-state index in [0.29, 0.717) is 0 Å². The molecule has 0 nitrogen and oxygen atoms in total. The van der Waals surface area contributed by atoms with Crippen molar-refractivity contribution in [1.82, 2.24) is 0 Å². The van der Waals surface area contributed by atoms with E-state index in [1.54, 1.807) is 0 Å². The maximum absolute atomic E-state index is 3.84. The van der Waals surface area contributed by atoms with Crippen LogP contribution in [0.15, 0.2) is 0 Å². The molecule has 0 amide bonds. The Bertz CT molecular complexity index is 65.5. The van der Waals surface area contributed by atoms with E-state index in [-0.39, 0.29) is 0 Å². The Hall–Kier alpha value is 1.83. The van der Waals surface area contributed by atoms with Gasteiger partial charge in [0.1, 0.15) is 0 Å². The second kappa shape index (κ2) is 5.48. The summed E-state index contributed by atoms with van der Waals surface area (Å²) in [6, 6.07) is 0. The molecule has 3 heteroatoms. The Balaban J connectivity index is 3.43. The average molecular weight is 424 g/mol. The van der Waals surface area contributed by atoms with Gasteiger partial charge in [-0.3, -0.25) is 0 Å². The van der Waals surface area contributed by atoms with Crippen molar-refractivity contribution >= 4 is 24.6 Å². The predicted molar refractivity (Wildman–Crippen MR) is 48.1 cm³/mol. The van der Waals surface area contributed by atoms with Gasteiger partial charge in [0.05, 0.1) is 0 Å². The van der Waals surface area contributed by atoms with Crippen molar-refractivity contribution in [3.05, 3.63) is 0 Å². The molecule has 0 fully saturated rings. The first kappa shape index (κ1) is 10.8. The molecule has 0 atom stereocenters. The Morgan fingerprint density at radius 2 is 1.33 bits per heavy atom. The zero-order valence-electron chi connectivity index (χ0n) is 6.08. The summed E-state index contributed by atoms with van der Waals surface area (Å²) in [5.41, 5.74) is 0. The van der Waals surface area contributed by atoms with Crippen LogP contribution < -0.4 is 0 Å². The van der Waals surface area contributed by atoms with E-state index in [0.717, 1.165) is 0 Å². The summed E-state index contributed by atoms with van der Waals surface area (Å²) >= 11 is 5.82. The van der Waals surface area contributed by atoms with Crippen molar-refractivity contribution < 1.29 is 15.3 Å². The molecule has 0 aliphatic rings. The fourth-order valence-corrected chi connectivity index (χ4v) is 20.0. The van der Waals surface area contributed by atoms with E-state index in [9.17, 15) is 0 Å². The summed E-state index contributed by atoms with van der Waals surface area (Å²) in [7, 11) is 0. The third-order valence-corrected chi connectivity index (χ3v) is 23.1. The van der Waals surface area contributed by atoms with Crippen LogP contribution in [0.2, 0.25) is 8.35 Å². The quantitative estimate of drug-likeness (QED) is 0.587. The number of rotatable bonds is 4. The predicted octanol–water partition coefficient (Wildman–Crippen LogP) is 4.42. The molecule has 0 unspecified atom stereocenters. The molecule has 0 radical (unpaired) electrons. The minimum atomic E-state index is -1.86. The van der Waals surface area contributed by atoms with E-state index in [1.807, 2.05) is 0 Å². The van der Waals surface area contributed by atoms with Gasteiger partial charge in [-0.2, -0.15) is 0 Å². The molecule has 0 rings (SSSR count). The molecular weight excluding hydrogens is 410 g/mol. The second-order valence-corrected chi connectivity index (χ2v) is 45.7. The molecule has 0 saturated heterocycles. The van der Waals surface area contributed by atoms with Crippen molar-refractivity contribution in [3.63, 3.8) is 0 Å². The monoisotopic (exact) mass is 424 g/mol. The molecule has 0 spiro atoms. The molecule has 0 heterocycles. The normalized spacial score (nSPS) is 12.0. The van der Waals surface area contributed by atoms with Crippen LogP contribution in [-0.2, 0) is 15.3 Å². The van der Waals surface area contributed by atoms with Crippen molar-refractivity contribution in [2.24, 2.45) is 0 Å². The number of hydrogen-bond acceptors (Lipinski definition) is 0. The van der Waals surface area contributed by atoms with Crippen LogP contribution in [0.4, 0.5) is 0 Å². The molecule has 0 N–H and O–H groups in total. The summed E-state index contributed by atoms with van der Waals surface area (Å²) in [5.74, 6) is 0. The summed E-state index contributed by atoms with van der Waals surface area (Å²) in [4.78, 5) is 0. The van der Waals surface area contributed by atoms with Gasteiger partial charge < -0.3 is 0 Å². The van der Waals surface area contributed by atoms with Crippen molar-refractivity contribution in [2.75, 3.05) is 0 Å². The first-order valence-corrected chi connectivity index (χ1v) is 24.3. The molecule has 0 saturated carbocycles. The molecule has 0 aliphatic carbocycles. The third kappa shape index (κ3) is 6.24. The van der Waals surface area contributed by atoms with E-state index in [1.165, 1.54) is 21.2 Å². The van der Waals surface area contributed by atoms with E-state index in [2.05, 4.69) is 38.4 Å². The third-order valence-electron chi connectivity index (χ3n) is 1.23. The van der Waals surface area contributed by atoms with Gasteiger partial charge in [0.15, 0.2) is 0 Å². The second-order valence-electron chi connectivity index (χ2n) is 2.36. The summed E-state index contributed by atoms with van der Waals surface area (Å²) in [5, 5.41) is 0. The van der Waals surface area contributed by atoms with Gasteiger partial charge in [-0.05, 0) is 0 Å². The van der Waals surface area contributed by atoms with Crippen LogP contribution >= 0.6 is 24.6 Å². The molecule has 0 bridgehead atoms. The molecule has 56 valence electrons. The van der Waals surface area contributed by atoms with Crippen LogP contribution in [-0.4, -0.2) is 0 Å². The van der Waals surface area contributed by atoms with Gasteiger partial charge in [-0.15, -0.1) is 0 Å². The standard InChI is InChI=1S/2C3H7.2BrH.Hf/c2*1-3-2;;;/h2*1,3H2,2H3;2*1H;/q;;;;+2/p-2. The fraction of sp³-hybridized carbons (Fsp3) is 1.00. The van der Waals surface area contributed by atoms with Gasteiger partial charge in [0, 0.05) is 0 Å². The van der Waals surface area contributed by atoms with Gasteiger partial charge in [-0.1, -0.05) is 0 Å². The molecular formula is C6H14Br2Hf. The van der Waals surface area contributed by atoms with Gasteiger partial charge in [-0.25, -0.2) is 0 Å². The fourth-order valence-electron chi connectivity index (χ4n) is 0.857. The average Bonchev–Trinajstić information content (AvgIpc) is 1.64. The molecule has 0 aromatic carbocycles. The van der Waals surface area contributed by atoms with E-state index in [4.69, 9.17) is 0 Å². The van der Waals surface area contributed by atoms with E-state index < -0.39 is 15.3 Å².